The molecule has 100 valence electrons. The Labute approximate surface area is 109 Å². The fraction of sp³-hybridized carbons (Fsp3) is 0.545. The van der Waals surface area contributed by atoms with Crippen LogP contribution >= 0.6 is 11.3 Å². The monoisotopic (exact) mass is 272 g/mol. The number of nitrogens with zero attached hydrogens (tertiary/aromatic N) is 2. The number of hydrogen-bond donors (Lipinski definition) is 1. The fourth-order valence-corrected chi connectivity index (χ4v) is 2.27. The minimum absolute atomic E-state index is 0.161. The summed E-state index contributed by atoms with van der Waals surface area (Å²) in [5.74, 6) is -1.39. The lowest BCUT2D eigenvalue weighted by atomic mass is 10.4. The Hall–Kier alpha value is -1.47. The minimum Gasteiger partial charge on any atom is -0.480 e. The van der Waals surface area contributed by atoms with Crippen LogP contribution in [0.25, 0.3) is 0 Å². The highest BCUT2D eigenvalue weighted by Gasteiger charge is 2.19. The maximum atomic E-state index is 11.9. The van der Waals surface area contributed by atoms with Gasteiger partial charge in [0.1, 0.15) is 22.5 Å². The Morgan fingerprint density at radius 1 is 1.61 bits per heavy atom. The molecule has 1 aromatic rings. The molecule has 0 saturated heterocycles. The third-order valence-corrected chi connectivity index (χ3v) is 3.36. The number of carbonyl (C=O) groups excluding carboxylic acids is 1. The van der Waals surface area contributed by atoms with Crippen molar-refractivity contribution < 1.29 is 19.4 Å². The van der Waals surface area contributed by atoms with E-state index in [9.17, 15) is 9.59 Å². The van der Waals surface area contributed by atoms with Crippen molar-refractivity contribution in [2.45, 2.75) is 20.0 Å². The van der Waals surface area contributed by atoms with Gasteiger partial charge in [0.2, 0.25) is 0 Å². The van der Waals surface area contributed by atoms with Crippen molar-refractivity contribution in [1.29, 1.82) is 0 Å². The van der Waals surface area contributed by atoms with E-state index in [0.717, 1.165) is 4.90 Å². The van der Waals surface area contributed by atoms with Gasteiger partial charge in [-0.3, -0.25) is 9.59 Å². The van der Waals surface area contributed by atoms with E-state index in [1.165, 1.54) is 24.6 Å². The quantitative estimate of drug-likeness (QED) is 0.846. The number of carboxylic acids is 1. The van der Waals surface area contributed by atoms with Crippen LogP contribution in [0.15, 0.2) is 6.20 Å². The highest BCUT2D eigenvalue weighted by molar-refractivity contribution is 7.13. The molecule has 1 heterocycles. The van der Waals surface area contributed by atoms with Gasteiger partial charge in [-0.15, -0.1) is 11.3 Å². The number of aliphatic carboxylic acids is 1. The highest BCUT2D eigenvalue weighted by Crippen LogP contribution is 2.23. The van der Waals surface area contributed by atoms with Crippen molar-refractivity contribution in [1.82, 2.24) is 9.88 Å². The van der Waals surface area contributed by atoms with Gasteiger partial charge in [-0.2, -0.15) is 0 Å². The molecule has 1 unspecified atom stereocenters. The van der Waals surface area contributed by atoms with Crippen LogP contribution in [0.5, 0.6) is 0 Å². The number of carboxylic acid groups (broad SMARTS) is 1. The van der Waals surface area contributed by atoms with Gasteiger partial charge in [-0.05, 0) is 13.8 Å². The Morgan fingerprint density at radius 2 is 2.28 bits per heavy atom. The van der Waals surface area contributed by atoms with Crippen molar-refractivity contribution in [3.05, 3.63) is 16.1 Å². The number of hydrogen-bond acceptors (Lipinski definition) is 5. The van der Waals surface area contributed by atoms with Gasteiger partial charge in [0.15, 0.2) is 0 Å². The summed E-state index contributed by atoms with van der Waals surface area (Å²) in [5, 5.41) is 9.33. The molecule has 0 fully saturated rings. The van der Waals surface area contributed by atoms with E-state index in [4.69, 9.17) is 9.84 Å². The van der Waals surface area contributed by atoms with Gasteiger partial charge in [-0.1, -0.05) is 0 Å². The average molecular weight is 272 g/mol. The van der Waals surface area contributed by atoms with Crippen LogP contribution in [0.1, 0.15) is 34.6 Å². The van der Waals surface area contributed by atoms with E-state index in [1.807, 2.05) is 13.8 Å². The number of likely N-dealkylation sites (N-methyl/N-ethyl adjacent to an activating group) is 1. The third kappa shape index (κ3) is 3.78. The first-order chi connectivity index (χ1) is 8.45. The highest BCUT2D eigenvalue weighted by atomic mass is 32.1. The summed E-state index contributed by atoms with van der Waals surface area (Å²) >= 11 is 1.22. The zero-order chi connectivity index (χ0) is 13.7. The molecule has 0 aliphatic rings. The summed E-state index contributed by atoms with van der Waals surface area (Å²) in [5.41, 5.74) is 0. The van der Waals surface area contributed by atoms with Crippen molar-refractivity contribution in [3.8, 4) is 0 Å². The largest absolute Gasteiger partial charge is 0.480 e. The number of aromatic nitrogens is 1. The second kappa shape index (κ2) is 6.46. The van der Waals surface area contributed by atoms with Crippen LogP contribution < -0.4 is 0 Å². The van der Waals surface area contributed by atoms with E-state index in [1.54, 1.807) is 0 Å². The number of ether oxygens (including phenoxy) is 1. The van der Waals surface area contributed by atoms with Crippen molar-refractivity contribution >= 4 is 23.2 Å². The molecule has 6 nitrogen and oxygen atoms in total. The summed E-state index contributed by atoms with van der Waals surface area (Å²) in [7, 11) is 1.45. The van der Waals surface area contributed by atoms with Gasteiger partial charge in [0, 0.05) is 13.7 Å². The zero-order valence-corrected chi connectivity index (χ0v) is 11.4. The SMILES string of the molecule is CCOC(C)c1ncc(C(=O)N(C)CC(=O)O)s1. The van der Waals surface area contributed by atoms with Crippen molar-refractivity contribution in [3.63, 3.8) is 0 Å². The average Bonchev–Trinajstić information content (AvgIpc) is 2.76. The number of carbonyl (C=O) groups is 2. The van der Waals surface area contributed by atoms with Gasteiger partial charge in [0.05, 0.1) is 6.20 Å². The summed E-state index contributed by atoms with van der Waals surface area (Å²) in [6.45, 7) is 3.99. The van der Waals surface area contributed by atoms with Crippen LogP contribution in [-0.4, -0.2) is 47.1 Å². The molecule has 0 aromatic carbocycles. The normalized spacial score (nSPS) is 12.2. The summed E-state index contributed by atoms with van der Waals surface area (Å²) < 4.78 is 5.37. The molecule has 0 aliphatic heterocycles. The summed E-state index contributed by atoms with van der Waals surface area (Å²) in [6, 6.07) is 0. The topological polar surface area (TPSA) is 79.7 Å². The number of amides is 1. The molecular weight excluding hydrogens is 256 g/mol. The van der Waals surface area contributed by atoms with Crippen LogP contribution in [0, 0.1) is 0 Å². The molecule has 1 aromatic heterocycles. The predicted molar refractivity (Wildman–Crippen MR) is 66.8 cm³/mol. The van der Waals surface area contributed by atoms with Crippen molar-refractivity contribution in [2.24, 2.45) is 0 Å². The zero-order valence-electron chi connectivity index (χ0n) is 10.5. The van der Waals surface area contributed by atoms with Crippen LogP contribution in [0.2, 0.25) is 0 Å². The van der Waals surface area contributed by atoms with E-state index in [-0.39, 0.29) is 18.6 Å². The molecular formula is C11H16N2O4S. The first kappa shape index (κ1) is 14.6. The number of rotatable bonds is 6. The first-order valence-electron chi connectivity index (χ1n) is 5.50. The smallest absolute Gasteiger partial charge is 0.323 e. The molecule has 18 heavy (non-hydrogen) atoms. The molecule has 0 saturated carbocycles. The summed E-state index contributed by atoms with van der Waals surface area (Å²) in [6.07, 6.45) is 1.29. The molecule has 0 spiro atoms. The maximum Gasteiger partial charge on any atom is 0.323 e. The predicted octanol–water partition coefficient (Wildman–Crippen LogP) is 1.40. The van der Waals surface area contributed by atoms with Crippen LogP contribution in [-0.2, 0) is 9.53 Å². The van der Waals surface area contributed by atoms with Crippen LogP contribution in [0.4, 0.5) is 0 Å². The standard InChI is InChI=1S/C11H16N2O4S/c1-4-17-7(2)10-12-5-8(18-10)11(16)13(3)6-9(14)15/h5,7H,4,6H2,1-3H3,(H,14,15). The third-order valence-electron chi connectivity index (χ3n) is 2.22. The Balaban J connectivity index is 2.73. The van der Waals surface area contributed by atoms with Gasteiger partial charge in [0.25, 0.3) is 5.91 Å². The maximum absolute atomic E-state index is 11.9. The lowest BCUT2D eigenvalue weighted by Gasteiger charge is -2.12. The van der Waals surface area contributed by atoms with Crippen LogP contribution in [0.3, 0.4) is 0 Å². The van der Waals surface area contributed by atoms with E-state index in [2.05, 4.69) is 4.98 Å². The second-order valence-corrected chi connectivity index (χ2v) is 4.78. The van der Waals surface area contributed by atoms with Crippen molar-refractivity contribution in [2.75, 3.05) is 20.2 Å². The lowest BCUT2D eigenvalue weighted by Crippen LogP contribution is -2.31. The molecule has 7 heteroatoms. The van der Waals surface area contributed by atoms with E-state index in [0.29, 0.717) is 16.5 Å². The Bertz CT molecular complexity index is 432. The van der Waals surface area contributed by atoms with E-state index >= 15 is 0 Å². The lowest BCUT2D eigenvalue weighted by molar-refractivity contribution is -0.137. The molecule has 1 N–H and O–H groups in total. The van der Waals surface area contributed by atoms with Gasteiger partial charge < -0.3 is 14.7 Å². The minimum atomic E-state index is -1.04. The molecule has 1 atom stereocenters. The summed E-state index contributed by atoms with van der Waals surface area (Å²) in [4.78, 5) is 28.1. The fourth-order valence-electron chi connectivity index (χ4n) is 1.36. The van der Waals surface area contributed by atoms with Gasteiger partial charge in [-0.25, -0.2) is 4.98 Å². The molecule has 1 amide bonds. The van der Waals surface area contributed by atoms with Gasteiger partial charge >= 0.3 is 5.97 Å². The Kier molecular flexibility index (Phi) is 5.24. The Morgan fingerprint density at radius 3 is 2.83 bits per heavy atom. The molecule has 0 bridgehead atoms. The molecule has 1 rings (SSSR count). The molecule has 0 aliphatic carbocycles. The molecule has 0 radical (unpaired) electrons. The van der Waals surface area contributed by atoms with E-state index < -0.39 is 5.97 Å². The number of thiazole rings is 1. The second-order valence-electron chi connectivity index (χ2n) is 3.72. The first-order valence-corrected chi connectivity index (χ1v) is 6.32.